The zero-order valence-corrected chi connectivity index (χ0v) is 12.5. The first-order chi connectivity index (χ1) is 9.10. The normalized spacial score (nSPS) is 9.89. The molecule has 0 amide bonds. The van der Waals surface area contributed by atoms with Crippen LogP contribution in [0.3, 0.4) is 0 Å². The molecule has 0 aromatic heterocycles. The third-order valence-corrected chi connectivity index (χ3v) is 4.68. The van der Waals surface area contributed by atoms with Gasteiger partial charge in [0.2, 0.25) is 0 Å². The van der Waals surface area contributed by atoms with Crippen molar-refractivity contribution < 1.29 is 4.92 Å². The average molecular weight is 382 g/mol. The van der Waals surface area contributed by atoms with Gasteiger partial charge in [0.1, 0.15) is 0 Å². The molecule has 2 aromatic carbocycles. The number of rotatable bonds is 3. The highest BCUT2D eigenvalue weighted by Gasteiger charge is 2.09. The van der Waals surface area contributed by atoms with Crippen molar-refractivity contribution in [1.29, 1.82) is 5.26 Å². The number of hydrogen-bond donors (Lipinski definition) is 0. The van der Waals surface area contributed by atoms with Crippen LogP contribution in [0.2, 0.25) is 0 Å². The molecule has 0 heterocycles. The monoisotopic (exact) mass is 382 g/mol. The molecule has 0 N–H and O–H groups in total. The summed E-state index contributed by atoms with van der Waals surface area (Å²) in [4.78, 5) is 12.2. The first-order valence-corrected chi connectivity index (χ1v) is 7.11. The lowest BCUT2D eigenvalue weighted by molar-refractivity contribution is -0.385. The van der Waals surface area contributed by atoms with Gasteiger partial charge in [-0.15, -0.1) is 0 Å². The lowest BCUT2D eigenvalue weighted by Crippen LogP contribution is -1.89. The van der Waals surface area contributed by atoms with Gasteiger partial charge in [0.15, 0.2) is 0 Å². The summed E-state index contributed by atoms with van der Waals surface area (Å²) in [6.45, 7) is 0. The number of nitro benzene ring substituents is 1. The van der Waals surface area contributed by atoms with E-state index in [2.05, 4.69) is 28.7 Å². The maximum atomic E-state index is 10.7. The Balaban J connectivity index is 2.23. The fourth-order valence-corrected chi connectivity index (χ4v) is 3.06. The molecule has 0 saturated carbocycles. The maximum Gasteiger partial charge on any atom is 0.270 e. The minimum Gasteiger partial charge on any atom is -0.258 e. The molecule has 0 radical (unpaired) electrons. The van der Waals surface area contributed by atoms with E-state index >= 15 is 0 Å². The van der Waals surface area contributed by atoms with Crippen LogP contribution in [0.25, 0.3) is 0 Å². The van der Waals surface area contributed by atoms with Crippen LogP contribution < -0.4 is 0 Å². The van der Waals surface area contributed by atoms with Gasteiger partial charge in [-0.1, -0.05) is 11.8 Å². The SMILES string of the molecule is N#Cc1ccc(Sc2ccc([N+](=O)[O-])cc2I)cc1. The largest absolute Gasteiger partial charge is 0.270 e. The molecule has 6 heteroatoms. The molecule has 4 nitrogen and oxygen atoms in total. The standard InChI is InChI=1S/C13H7IN2O2S/c14-12-7-10(16(17)18)3-6-13(12)19-11-4-1-9(8-15)2-5-11/h1-7H. The Hall–Kier alpha value is -1.59. The van der Waals surface area contributed by atoms with Gasteiger partial charge in [-0.25, -0.2) is 0 Å². The fraction of sp³-hybridized carbons (Fsp3) is 0. The van der Waals surface area contributed by atoms with Gasteiger partial charge < -0.3 is 0 Å². The molecule has 0 saturated heterocycles. The summed E-state index contributed by atoms with van der Waals surface area (Å²) in [5.41, 5.74) is 0.705. The second kappa shape index (κ2) is 6.04. The molecular weight excluding hydrogens is 375 g/mol. The Labute approximate surface area is 127 Å². The predicted octanol–water partition coefficient (Wildman–Crippen LogP) is 4.22. The van der Waals surface area contributed by atoms with Crippen molar-refractivity contribution in [2.75, 3.05) is 0 Å². The summed E-state index contributed by atoms with van der Waals surface area (Å²) in [6.07, 6.45) is 0. The zero-order valence-electron chi connectivity index (χ0n) is 9.54. The molecule has 2 rings (SSSR count). The highest BCUT2D eigenvalue weighted by molar-refractivity contribution is 14.1. The Morgan fingerprint density at radius 3 is 2.42 bits per heavy atom. The van der Waals surface area contributed by atoms with Crippen LogP contribution in [0.15, 0.2) is 52.3 Å². The van der Waals surface area contributed by atoms with Crippen LogP contribution in [-0.2, 0) is 0 Å². The van der Waals surface area contributed by atoms with Crippen molar-refractivity contribution in [1.82, 2.24) is 0 Å². The molecule has 19 heavy (non-hydrogen) atoms. The highest BCUT2D eigenvalue weighted by Crippen LogP contribution is 2.33. The average Bonchev–Trinajstić information content (AvgIpc) is 2.41. The van der Waals surface area contributed by atoms with Crippen LogP contribution in [0.1, 0.15) is 5.56 Å². The Bertz CT molecular complexity index is 665. The van der Waals surface area contributed by atoms with Crippen molar-refractivity contribution in [2.45, 2.75) is 9.79 Å². The molecule has 0 aliphatic heterocycles. The number of nitrogens with zero attached hydrogens (tertiary/aromatic N) is 2. The van der Waals surface area contributed by atoms with Crippen molar-refractivity contribution in [3.8, 4) is 6.07 Å². The summed E-state index contributed by atoms with van der Waals surface area (Å²) in [6, 6.07) is 14.1. The number of halogens is 1. The number of benzene rings is 2. The lowest BCUT2D eigenvalue weighted by Gasteiger charge is -2.04. The number of nitriles is 1. The van der Waals surface area contributed by atoms with Crippen LogP contribution in [0, 0.1) is 25.0 Å². The van der Waals surface area contributed by atoms with Crippen molar-refractivity contribution >= 4 is 40.0 Å². The summed E-state index contributed by atoms with van der Waals surface area (Å²) in [5, 5.41) is 19.4. The van der Waals surface area contributed by atoms with E-state index in [1.807, 2.05) is 12.1 Å². The smallest absolute Gasteiger partial charge is 0.258 e. The van der Waals surface area contributed by atoms with E-state index in [4.69, 9.17) is 5.26 Å². The highest BCUT2D eigenvalue weighted by atomic mass is 127. The van der Waals surface area contributed by atoms with Gasteiger partial charge >= 0.3 is 0 Å². The molecule has 0 fully saturated rings. The third kappa shape index (κ3) is 3.45. The van der Waals surface area contributed by atoms with Crippen molar-refractivity contribution in [3.63, 3.8) is 0 Å². The number of nitro groups is 1. The van der Waals surface area contributed by atoms with E-state index in [-0.39, 0.29) is 5.69 Å². The molecule has 0 bridgehead atoms. The van der Waals surface area contributed by atoms with Crippen LogP contribution in [-0.4, -0.2) is 4.92 Å². The van der Waals surface area contributed by atoms with Gasteiger partial charge in [0.05, 0.1) is 16.6 Å². The molecule has 0 atom stereocenters. The topological polar surface area (TPSA) is 66.9 Å². The minimum absolute atomic E-state index is 0.0913. The Kier molecular flexibility index (Phi) is 4.39. The van der Waals surface area contributed by atoms with E-state index in [1.165, 1.54) is 17.8 Å². The third-order valence-electron chi connectivity index (χ3n) is 2.34. The molecule has 2 aromatic rings. The van der Waals surface area contributed by atoms with Gasteiger partial charge in [0.25, 0.3) is 5.69 Å². The van der Waals surface area contributed by atoms with Gasteiger partial charge in [-0.2, -0.15) is 5.26 Å². The van der Waals surface area contributed by atoms with Crippen LogP contribution >= 0.6 is 34.4 Å². The molecule has 0 spiro atoms. The van der Waals surface area contributed by atoms with Gasteiger partial charge in [-0.3, -0.25) is 10.1 Å². The fourth-order valence-electron chi connectivity index (χ4n) is 1.41. The first kappa shape index (κ1) is 13.8. The Morgan fingerprint density at radius 1 is 1.21 bits per heavy atom. The molecular formula is C13H7IN2O2S. The molecule has 0 unspecified atom stereocenters. The van der Waals surface area contributed by atoms with Crippen LogP contribution in [0.5, 0.6) is 0 Å². The van der Waals surface area contributed by atoms with E-state index in [0.29, 0.717) is 5.56 Å². The second-order valence-electron chi connectivity index (χ2n) is 3.61. The second-order valence-corrected chi connectivity index (χ2v) is 5.89. The number of hydrogen-bond acceptors (Lipinski definition) is 4. The quantitative estimate of drug-likeness (QED) is 0.453. The summed E-state index contributed by atoms with van der Waals surface area (Å²) >= 11 is 3.60. The van der Waals surface area contributed by atoms with Crippen LogP contribution in [0.4, 0.5) is 5.69 Å². The van der Waals surface area contributed by atoms with E-state index in [0.717, 1.165) is 13.4 Å². The van der Waals surface area contributed by atoms with E-state index < -0.39 is 4.92 Å². The summed E-state index contributed by atoms with van der Waals surface area (Å²) < 4.78 is 0.834. The minimum atomic E-state index is -0.404. The summed E-state index contributed by atoms with van der Waals surface area (Å²) in [5.74, 6) is 0. The molecule has 0 aliphatic rings. The van der Waals surface area contributed by atoms with Crippen molar-refractivity contribution in [2.24, 2.45) is 0 Å². The zero-order chi connectivity index (χ0) is 13.8. The van der Waals surface area contributed by atoms with E-state index in [1.54, 1.807) is 24.3 Å². The lowest BCUT2D eigenvalue weighted by atomic mass is 10.2. The van der Waals surface area contributed by atoms with Crippen molar-refractivity contribution in [3.05, 3.63) is 61.7 Å². The Morgan fingerprint density at radius 2 is 1.89 bits per heavy atom. The maximum absolute atomic E-state index is 10.7. The molecule has 0 aliphatic carbocycles. The predicted molar refractivity (Wildman–Crippen MR) is 81.1 cm³/mol. The molecule has 94 valence electrons. The summed E-state index contributed by atoms with van der Waals surface area (Å²) in [7, 11) is 0. The van der Waals surface area contributed by atoms with Gasteiger partial charge in [0, 0.05) is 25.5 Å². The van der Waals surface area contributed by atoms with E-state index in [9.17, 15) is 10.1 Å². The first-order valence-electron chi connectivity index (χ1n) is 5.22. The van der Waals surface area contributed by atoms with Gasteiger partial charge in [-0.05, 0) is 52.9 Å². The number of non-ortho nitro benzene ring substituents is 1.